The van der Waals surface area contributed by atoms with Crippen LogP contribution in [-0.2, 0) is 16.1 Å². The third kappa shape index (κ3) is 3.10. The van der Waals surface area contributed by atoms with Gasteiger partial charge in [0.25, 0.3) is 0 Å². The summed E-state index contributed by atoms with van der Waals surface area (Å²) in [6.45, 7) is 1.42. The number of halogens is 1. The van der Waals surface area contributed by atoms with Crippen LogP contribution in [0.5, 0.6) is 0 Å². The minimum absolute atomic E-state index is 0.0432. The molecule has 3 nitrogen and oxygen atoms in total. The van der Waals surface area contributed by atoms with Crippen molar-refractivity contribution < 1.29 is 9.53 Å². The number of benzene rings is 1. The number of epoxide rings is 1. The van der Waals surface area contributed by atoms with Gasteiger partial charge in [0.15, 0.2) is 0 Å². The van der Waals surface area contributed by atoms with Crippen molar-refractivity contribution in [1.29, 1.82) is 0 Å². The molecular weight excluding hydrogens is 262 g/mol. The average molecular weight is 280 g/mol. The van der Waals surface area contributed by atoms with Gasteiger partial charge in [-0.25, -0.2) is 0 Å². The Morgan fingerprint density at radius 1 is 1.26 bits per heavy atom. The van der Waals surface area contributed by atoms with Crippen molar-refractivity contribution in [2.45, 2.75) is 43.4 Å². The number of carbonyl (C=O) groups is 1. The van der Waals surface area contributed by atoms with Gasteiger partial charge in [-0.3, -0.25) is 4.79 Å². The van der Waals surface area contributed by atoms with E-state index < -0.39 is 5.38 Å². The quantitative estimate of drug-likeness (QED) is 0.616. The molecule has 0 saturated carbocycles. The lowest BCUT2D eigenvalue weighted by Crippen LogP contribution is -2.37. The molecule has 102 valence electrons. The molecule has 0 bridgehead atoms. The third-order valence-electron chi connectivity index (χ3n) is 3.84. The maximum absolute atomic E-state index is 12.4. The zero-order chi connectivity index (χ0) is 13.2. The Labute approximate surface area is 118 Å². The van der Waals surface area contributed by atoms with Crippen LogP contribution < -0.4 is 0 Å². The fraction of sp³-hybridized carbons (Fsp3) is 0.533. The first-order chi connectivity index (χ1) is 9.24. The van der Waals surface area contributed by atoms with E-state index in [0.29, 0.717) is 19.1 Å². The summed E-state index contributed by atoms with van der Waals surface area (Å²) in [5.74, 6) is 0.0432. The molecule has 2 heterocycles. The first-order valence-electron chi connectivity index (χ1n) is 6.86. The van der Waals surface area contributed by atoms with Crippen LogP contribution in [0.2, 0.25) is 0 Å². The lowest BCUT2D eigenvalue weighted by Gasteiger charge is -2.24. The number of ether oxygens (including phenoxy) is 1. The van der Waals surface area contributed by atoms with E-state index in [1.807, 2.05) is 35.2 Å². The van der Waals surface area contributed by atoms with Crippen LogP contribution in [0.15, 0.2) is 30.3 Å². The Morgan fingerprint density at radius 3 is 2.84 bits per heavy atom. The molecule has 3 rings (SSSR count). The van der Waals surface area contributed by atoms with E-state index in [0.717, 1.165) is 24.9 Å². The van der Waals surface area contributed by atoms with Crippen LogP contribution in [0.1, 0.15) is 24.8 Å². The van der Waals surface area contributed by atoms with Crippen molar-refractivity contribution in [1.82, 2.24) is 4.90 Å². The predicted molar refractivity (Wildman–Crippen MR) is 74.0 cm³/mol. The number of amides is 1. The highest BCUT2D eigenvalue weighted by Crippen LogP contribution is 2.33. The molecular formula is C15H18ClNO2. The maximum Gasteiger partial charge on any atom is 0.241 e. The van der Waals surface area contributed by atoms with Gasteiger partial charge in [0.2, 0.25) is 5.91 Å². The molecule has 0 spiro atoms. The second-order valence-electron chi connectivity index (χ2n) is 5.30. The first-order valence-corrected chi connectivity index (χ1v) is 7.30. The molecule has 2 aliphatic rings. The van der Waals surface area contributed by atoms with Crippen molar-refractivity contribution >= 4 is 17.5 Å². The Kier molecular flexibility index (Phi) is 3.76. The van der Waals surface area contributed by atoms with Crippen molar-refractivity contribution in [2.24, 2.45) is 0 Å². The van der Waals surface area contributed by atoms with E-state index in [1.54, 1.807) is 0 Å². The van der Waals surface area contributed by atoms with Crippen LogP contribution in [0, 0.1) is 0 Å². The molecule has 0 unspecified atom stereocenters. The summed E-state index contributed by atoms with van der Waals surface area (Å²) in [5, 5.41) is -0.447. The van der Waals surface area contributed by atoms with Gasteiger partial charge >= 0.3 is 0 Å². The molecule has 0 radical (unpaired) electrons. The Morgan fingerprint density at radius 2 is 2.05 bits per heavy atom. The molecule has 4 heteroatoms. The lowest BCUT2D eigenvalue weighted by atomic mass is 10.1. The second-order valence-corrected chi connectivity index (χ2v) is 5.83. The fourth-order valence-corrected chi connectivity index (χ4v) is 3.01. The summed E-state index contributed by atoms with van der Waals surface area (Å²) >= 11 is 6.23. The number of carbonyl (C=O) groups excluding carboxylic acids is 1. The lowest BCUT2D eigenvalue weighted by molar-refractivity contribution is -0.131. The fourth-order valence-electron chi connectivity index (χ4n) is 2.70. The predicted octanol–water partition coefficient (Wildman–Crippen LogP) is 2.57. The van der Waals surface area contributed by atoms with Gasteiger partial charge in [0, 0.05) is 19.5 Å². The van der Waals surface area contributed by atoms with Crippen molar-refractivity contribution in [3.63, 3.8) is 0 Å². The molecule has 3 atom stereocenters. The third-order valence-corrected chi connectivity index (χ3v) is 4.20. The van der Waals surface area contributed by atoms with Crippen LogP contribution in [0.3, 0.4) is 0 Å². The topological polar surface area (TPSA) is 32.8 Å². The van der Waals surface area contributed by atoms with E-state index >= 15 is 0 Å². The summed E-state index contributed by atoms with van der Waals surface area (Å²) in [5.41, 5.74) is 1.15. The Bertz CT molecular complexity index is 451. The van der Waals surface area contributed by atoms with Gasteiger partial charge < -0.3 is 9.64 Å². The van der Waals surface area contributed by atoms with Crippen LogP contribution >= 0.6 is 11.6 Å². The molecule has 0 N–H and O–H groups in total. The number of nitrogens with zero attached hydrogens (tertiary/aromatic N) is 1. The molecule has 0 aromatic heterocycles. The number of fused-ring (bicyclic) bond motifs is 1. The molecule has 0 aliphatic carbocycles. The average Bonchev–Trinajstić information content (AvgIpc) is 3.15. The van der Waals surface area contributed by atoms with E-state index in [1.165, 1.54) is 0 Å². The minimum atomic E-state index is -0.447. The minimum Gasteiger partial charge on any atom is -0.370 e. The summed E-state index contributed by atoms with van der Waals surface area (Å²) in [6.07, 6.45) is 3.22. The van der Waals surface area contributed by atoms with Crippen LogP contribution in [0.25, 0.3) is 0 Å². The number of hydrogen-bond donors (Lipinski definition) is 0. The summed E-state index contributed by atoms with van der Waals surface area (Å²) in [6, 6.07) is 10.1. The Balaban J connectivity index is 1.69. The molecule has 1 aromatic rings. The normalized spacial score (nSPS) is 31.1. The Hall–Kier alpha value is -1.06. The number of rotatable bonds is 2. The zero-order valence-corrected chi connectivity index (χ0v) is 11.6. The summed E-state index contributed by atoms with van der Waals surface area (Å²) in [7, 11) is 0. The van der Waals surface area contributed by atoms with Gasteiger partial charge in [-0.1, -0.05) is 30.3 Å². The first kappa shape index (κ1) is 12.9. The van der Waals surface area contributed by atoms with Gasteiger partial charge in [0.05, 0.1) is 12.2 Å². The standard InChI is InChI=1S/C15H18ClNO2/c16-12-9-14-13(19-14)7-4-8-17(15(12)18)10-11-5-2-1-3-6-11/h1-3,5-6,12-14H,4,7-10H2/t12-,13-,14-/m1/s1. The van der Waals surface area contributed by atoms with Crippen molar-refractivity contribution in [2.75, 3.05) is 6.54 Å². The van der Waals surface area contributed by atoms with Gasteiger partial charge in [-0.05, 0) is 18.4 Å². The number of alkyl halides is 1. The van der Waals surface area contributed by atoms with E-state index in [-0.39, 0.29) is 12.0 Å². The number of hydrogen-bond acceptors (Lipinski definition) is 2. The largest absolute Gasteiger partial charge is 0.370 e. The highest BCUT2D eigenvalue weighted by molar-refractivity contribution is 6.30. The second kappa shape index (κ2) is 5.51. The molecule has 1 amide bonds. The van der Waals surface area contributed by atoms with Crippen LogP contribution in [0.4, 0.5) is 0 Å². The summed E-state index contributed by atoms with van der Waals surface area (Å²) < 4.78 is 5.51. The van der Waals surface area contributed by atoms with E-state index in [4.69, 9.17) is 16.3 Å². The highest BCUT2D eigenvalue weighted by atomic mass is 35.5. The molecule has 2 fully saturated rings. The maximum atomic E-state index is 12.4. The highest BCUT2D eigenvalue weighted by Gasteiger charge is 2.42. The molecule has 1 aromatic carbocycles. The molecule has 19 heavy (non-hydrogen) atoms. The van der Waals surface area contributed by atoms with E-state index in [9.17, 15) is 4.79 Å². The SMILES string of the molecule is O=C1[C@H](Cl)C[C@H]2O[C@@H]2CCCN1Cc1ccccc1. The smallest absolute Gasteiger partial charge is 0.241 e. The monoisotopic (exact) mass is 279 g/mol. The van der Waals surface area contributed by atoms with Gasteiger partial charge in [-0.15, -0.1) is 11.6 Å². The van der Waals surface area contributed by atoms with Gasteiger partial charge in [0.1, 0.15) is 5.38 Å². The zero-order valence-electron chi connectivity index (χ0n) is 10.8. The summed E-state index contributed by atoms with van der Waals surface area (Å²) in [4.78, 5) is 14.2. The van der Waals surface area contributed by atoms with E-state index in [2.05, 4.69) is 0 Å². The van der Waals surface area contributed by atoms with Crippen molar-refractivity contribution in [3.05, 3.63) is 35.9 Å². The van der Waals surface area contributed by atoms with Crippen molar-refractivity contribution in [3.8, 4) is 0 Å². The molecule has 2 aliphatic heterocycles. The van der Waals surface area contributed by atoms with Gasteiger partial charge in [-0.2, -0.15) is 0 Å². The van der Waals surface area contributed by atoms with Crippen LogP contribution in [-0.4, -0.2) is 34.9 Å². The molecule has 2 saturated heterocycles.